The standard InChI is InChI=1S/C14H13NO2S/c1-10(17)18-7-3-5-11-4-2-6-13-14(11)12(9-16)8-15-13/h2-6,8-9,15H,7H2,1H3. The summed E-state index contributed by atoms with van der Waals surface area (Å²) in [4.78, 5) is 24.8. The second-order valence-corrected chi connectivity index (χ2v) is 5.03. The Hall–Kier alpha value is -1.81. The van der Waals surface area contributed by atoms with Gasteiger partial charge in [0.05, 0.1) is 0 Å². The van der Waals surface area contributed by atoms with Gasteiger partial charge < -0.3 is 4.98 Å². The lowest BCUT2D eigenvalue weighted by molar-refractivity contribution is -0.109. The highest BCUT2D eigenvalue weighted by molar-refractivity contribution is 8.13. The third-order valence-corrected chi connectivity index (χ3v) is 3.34. The van der Waals surface area contributed by atoms with Crippen LogP contribution in [0.15, 0.2) is 30.5 Å². The van der Waals surface area contributed by atoms with Gasteiger partial charge in [0.2, 0.25) is 0 Å². The molecule has 2 rings (SSSR count). The number of fused-ring (bicyclic) bond motifs is 1. The van der Waals surface area contributed by atoms with Crippen molar-refractivity contribution >= 4 is 40.1 Å². The van der Waals surface area contributed by atoms with Crippen LogP contribution in [0.2, 0.25) is 0 Å². The van der Waals surface area contributed by atoms with Crippen LogP contribution in [0.4, 0.5) is 0 Å². The van der Waals surface area contributed by atoms with Crippen LogP contribution in [0.5, 0.6) is 0 Å². The molecule has 0 bridgehead atoms. The Morgan fingerprint density at radius 1 is 1.39 bits per heavy atom. The molecule has 1 aromatic heterocycles. The van der Waals surface area contributed by atoms with Gasteiger partial charge in [0.1, 0.15) is 0 Å². The average Bonchev–Trinajstić information content (AvgIpc) is 2.78. The van der Waals surface area contributed by atoms with Crippen LogP contribution in [0.1, 0.15) is 22.8 Å². The molecule has 0 aliphatic rings. The molecule has 0 fully saturated rings. The zero-order chi connectivity index (χ0) is 13.0. The van der Waals surface area contributed by atoms with Gasteiger partial charge in [-0.3, -0.25) is 9.59 Å². The van der Waals surface area contributed by atoms with E-state index in [9.17, 15) is 9.59 Å². The Balaban J connectivity index is 2.29. The molecule has 1 aromatic carbocycles. The molecule has 0 saturated carbocycles. The normalized spacial score (nSPS) is 11.2. The third kappa shape index (κ3) is 2.71. The lowest BCUT2D eigenvalue weighted by Crippen LogP contribution is -1.83. The van der Waals surface area contributed by atoms with E-state index in [1.54, 1.807) is 13.1 Å². The van der Waals surface area contributed by atoms with Gasteiger partial charge in [-0.15, -0.1) is 0 Å². The molecular formula is C14H13NO2S. The first-order valence-electron chi connectivity index (χ1n) is 5.57. The highest BCUT2D eigenvalue weighted by atomic mass is 32.2. The number of rotatable bonds is 4. The summed E-state index contributed by atoms with van der Waals surface area (Å²) in [6.45, 7) is 1.55. The number of aromatic nitrogens is 1. The maximum atomic E-state index is 11.0. The van der Waals surface area contributed by atoms with Crippen molar-refractivity contribution in [2.24, 2.45) is 0 Å². The predicted molar refractivity (Wildman–Crippen MR) is 75.9 cm³/mol. The Labute approximate surface area is 109 Å². The van der Waals surface area contributed by atoms with E-state index in [1.165, 1.54) is 11.8 Å². The second-order valence-electron chi connectivity index (χ2n) is 3.84. The van der Waals surface area contributed by atoms with Crippen LogP contribution in [-0.2, 0) is 4.79 Å². The third-order valence-electron chi connectivity index (χ3n) is 2.58. The van der Waals surface area contributed by atoms with E-state index in [-0.39, 0.29) is 5.12 Å². The minimum atomic E-state index is 0.105. The summed E-state index contributed by atoms with van der Waals surface area (Å²) in [6.07, 6.45) is 6.43. The van der Waals surface area contributed by atoms with Crippen LogP contribution in [0.25, 0.3) is 17.0 Å². The van der Waals surface area contributed by atoms with Crippen LogP contribution in [-0.4, -0.2) is 22.1 Å². The fraction of sp³-hybridized carbons (Fsp3) is 0.143. The van der Waals surface area contributed by atoms with Crippen LogP contribution in [0.3, 0.4) is 0 Å². The van der Waals surface area contributed by atoms with E-state index in [2.05, 4.69) is 4.98 Å². The van der Waals surface area contributed by atoms with E-state index in [0.717, 1.165) is 22.8 Å². The summed E-state index contributed by atoms with van der Waals surface area (Å²) in [5, 5.41) is 1.03. The molecular weight excluding hydrogens is 246 g/mol. The van der Waals surface area contributed by atoms with Crippen molar-refractivity contribution in [1.82, 2.24) is 4.98 Å². The van der Waals surface area contributed by atoms with Crippen LogP contribution < -0.4 is 0 Å². The van der Waals surface area contributed by atoms with Gasteiger partial charge in [-0.25, -0.2) is 0 Å². The zero-order valence-electron chi connectivity index (χ0n) is 9.97. The van der Waals surface area contributed by atoms with E-state index < -0.39 is 0 Å². The van der Waals surface area contributed by atoms with Gasteiger partial charge in [0.15, 0.2) is 11.4 Å². The van der Waals surface area contributed by atoms with Gasteiger partial charge in [0, 0.05) is 35.3 Å². The van der Waals surface area contributed by atoms with Crippen molar-refractivity contribution in [3.8, 4) is 0 Å². The molecule has 0 atom stereocenters. The van der Waals surface area contributed by atoms with E-state index >= 15 is 0 Å². The fourth-order valence-electron chi connectivity index (χ4n) is 1.81. The summed E-state index contributed by atoms with van der Waals surface area (Å²) in [6, 6.07) is 5.83. The van der Waals surface area contributed by atoms with Crippen LogP contribution >= 0.6 is 11.8 Å². The number of aldehydes is 1. The molecule has 2 aromatic rings. The van der Waals surface area contributed by atoms with Gasteiger partial charge >= 0.3 is 0 Å². The minimum absolute atomic E-state index is 0.105. The number of thioether (sulfide) groups is 1. The van der Waals surface area contributed by atoms with Gasteiger partial charge in [-0.2, -0.15) is 0 Å². The van der Waals surface area contributed by atoms with Crippen molar-refractivity contribution in [3.05, 3.63) is 41.6 Å². The van der Waals surface area contributed by atoms with E-state index in [4.69, 9.17) is 0 Å². The minimum Gasteiger partial charge on any atom is -0.360 e. The number of nitrogens with one attached hydrogen (secondary N) is 1. The van der Waals surface area contributed by atoms with Crippen molar-refractivity contribution in [2.75, 3.05) is 5.75 Å². The maximum Gasteiger partial charge on any atom is 0.186 e. The Morgan fingerprint density at radius 3 is 2.94 bits per heavy atom. The monoisotopic (exact) mass is 259 g/mol. The van der Waals surface area contributed by atoms with Gasteiger partial charge in [-0.05, 0) is 11.6 Å². The molecule has 3 nitrogen and oxygen atoms in total. The number of hydrogen-bond acceptors (Lipinski definition) is 3. The summed E-state index contributed by atoms with van der Waals surface area (Å²) in [5.41, 5.74) is 2.59. The summed E-state index contributed by atoms with van der Waals surface area (Å²) < 4.78 is 0. The van der Waals surface area contributed by atoms with E-state index in [0.29, 0.717) is 11.3 Å². The summed E-state index contributed by atoms with van der Waals surface area (Å²) in [5.74, 6) is 0.645. The Kier molecular flexibility index (Phi) is 3.99. The van der Waals surface area contributed by atoms with Gasteiger partial charge in [-0.1, -0.05) is 36.0 Å². The molecule has 92 valence electrons. The number of aromatic amines is 1. The molecule has 0 spiro atoms. The maximum absolute atomic E-state index is 11.0. The molecule has 1 N–H and O–H groups in total. The van der Waals surface area contributed by atoms with Crippen molar-refractivity contribution < 1.29 is 9.59 Å². The van der Waals surface area contributed by atoms with E-state index in [1.807, 2.05) is 30.4 Å². The molecule has 4 heteroatoms. The fourth-order valence-corrected chi connectivity index (χ4v) is 2.24. The number of benzene rings is 1. The van der Waals surface area contributed by atoms with Crippen molar-refractivity contribution in [2.45, 2.75) is 6.92 Å². The lowest BCUT2D eigenvalue weighted by Gasteiger charge is -1.98. The number of hydrogen-bond donors (Lipinski definition) is 1. The smallest absolute Gasteiger partial charge is 0.186 e. The van der Waals surface area contributed by atoms with Crippen molar-refractivity contribution in [1.29, 1.82) is 0 Å². The molecule has 0 amide bonds. The Bertz CT molecular complexity index is 613. The Morgan fingerprint density at radius 2 is 2.22 bits per heavy atom. The molecule has 0 aliphatic heterocycles. The average molecular weight is 259 g/mol. The molecule has 0 aliphatic carbocycles. The zero-order valence-corrected chi connectivity index (χ0v) is 10.8. The van der Waals surface area contributed by atoms with Crippen molar-refractivity contribution in [3.63, 3.8) is 0 Å². The van der Waals surface area contributed by atoms with Gasteiger partial charge in [0.25, 0.3) is 0 Å². The molecule has 0 unspecified atom stereocenters. The topological polar surface area (TPSA) is 49.9 Å². The van der Waals surface area contributed by atoms with Crippen LogP contribution in [0, 0.1) is 0 Å². The second kappa shape index (κ2) is 5.69. The highest BCUT2D eigenvalue weighted by Gasteiger charge is 2.05. The lowest BCUT2D eigenvalue weighted by atomic mass is 10.1. The molecule has 0 radical (unpaired) electrons. The largest absolute Gasteiger partial charge is 0.360 e. The highest BCUT2D eigenvalue weighted by Crippen LogP contribution is 2.22. The molecule has 18 heavy (non-hydrogen) atoms. The summed E-state index contributed by atoms with van der Waals surface area (Å²) >= 11 is 1.26. The first-order valence-corrected chi connectivity index (χ1v) is 6.56. The predicted octanol–water partition coefficient (Wildman–Crippen LogP) is 3.27. The first kappa shape index (κ1) is 12.6. The number of carbonyl (C=O) groups excluding carboxylic acids is 2. The molecule has 0 saturated heterocycles. The first-order chi connectivity index (χ1) is 8.72. The number of H-pyrrole nitrogens is 1. The molecule has 1 heterocycles. The number of carbonyl (C=O) groups is 2. The summed E-state index contributed by atoms with van der Waals surface area (Å²) in [7, 11) is 0. The quantitative estimate of drug-likeness (QED) is 0.857. The SMILES string of the molecule is CC(=O)SCC=Cc1cccc2[nH]cc(C=O)c12.